The molecule has 0 radical (unpaired) electrons. The van der Waals surface area contributed by atoms with Gasteiger partial charge < -0.3 is 9.32 Å². The van der Waals surface area contributed by atoms with Crippen LogP contribution in [0.3, 0.4) is 0 Å². The predicted octanol–water partition coefficient (Wildman–Crippen LogP) is 11.1. The van der Waals surface area contributed by atoms with E-state index in [9.17, 15) is 0 Å². The molecule has 0 aliphatic carbocycles. The van der Waals surface area contributed by atoms with Gasteiger partial charge in [0, 0.05) is 54.1 Å². The number of nitrogens with zero attached hydrogens (tertiary/aromatic N) is 1. The Bertz CT molecular complexity index is 2010. The van der Waals surface area contributed by atoms with E-state index in [4.69, 9.17) is 4.42 Å². The van der Waals surface area contributed by atoms with Crippen molar-refractivity contribution in [2.45, 2.75) is 0 Å². The van der Waals surface area contributed by atoms with Gasteiger partial charge in [0.1, 0.15) is 11.2 Å². The zero-order valence-electron chi connectivity index (χ0n) is 21.0. The lowest BCUT2D eigenvalue weighted by atomic mass is 10.0. The number of fused-ring (bicyclic) bond motifs is 6. The van der Waals surface area contributed by atoms with Gasteiger partial charge in [-0.25, -0.2) is 0 Å². The first-order valence-corrected chi connectivity index (χ1v) is 13.9. The monoisotopic (exact) mass is 517 g/mol. The van der Waals surface area contributed by atoms with Crippen LogP contribution in [0.25, 0.3) is 53.2 Å². The van der Waals surface area contributed by atoms with Crippen LogP contribution in [-0.2, 0) is 0 Å². The van der Waals surface area contributed by atoms with E-state index in [1.54, 1.807) is 0 Å². The maximum absolute atomic E-state index is 6.28. The first kappa shape index (κ1) is 22.2. The molecule has 0 fully saturated rings. The van der Waals surface area contributed by atoms with Crippen LogP contribution in [0.4, 0.5) is 17.1 Å². The summed E-state index contributed by atoms with van der Waals surface area (Å²) >= 11 is 1.84. The minimum Gasteiger partial charge on any atom is -0.456 e. The van der Waals surface area contributed by atoms with Crippen molar-refractivity contribution in [1.29, 1.82) is 0 Å². The second-order valence-corrected chi connectivity index (χ2v) is 10.9. The summed E-state index contributed by atoms with van der Waals surface area (Å²) < 4.78 is 8.87. The molecule has 0 unspecified atom stereocenters. The van der Waals surface area contributed by atoms with Crippen molar-refractivity contribution in [3.8, 4) is 11.1 Å². The van der Waals surface area contributed by atoms with Gasteiger partial charge in [0.15, 0.2) is 0 Å². The normalized spacial score (nSPS) is 11.6. The minimum absolute atomic E-state index is 0.891. The molecule has 8 aromatic rings. The lowest BCUT2D eigenvalue weighted by molar-refractivity contribution is 0.669. The Hall–Kier alpha value is -4.86. The van der Waals surface area contributed by atoms with Gasteiger partial charge >= 0.3 is 0 Å². The average molecular weight is 518 g/mol. The van der Waals surface area contributed by atoms with Gasteiger partial charge in [0.25, 0.3) is 0 Å². The molecule has 184 valence electrons. The van der Waals surface area contributed by atoms with Crippen LogP contribution in [-0.4, -0.2) is 0 Å². The number of thiophene rings is 1. The quantitative estimate of drug-likeness (QED) is 0.231. The summed E-state index contributed by atoms with van der Waals surface area (Å²) in [6, 6.07) is 49.6. The smallest absolute Gasteiger partial charge is 0.137 e. The number of furan rings is 1. The summed E-state index contributed by atoms with van der Waals surface area (Å²) in [5, 5.41) is 4.89. The van der Waals surface area contributed by atoms with Gasteiger partial charge in [-0.05, 0) is 59.7 Å². The third kappa shape index (κ3) is 3.70. The van der Waals surface area contributed by atoms with Crippen molar-refractivity contribution < 1.29 is 4.42 Å². The van der Waals surface area contributed by atoms with Crippen LogP contribution >= 0.6 is 11.3 Å². The maximum Gasteiger partial charge on any atom is 0.137 e. The highest BCUT2D eigenvalue weighted by Gasteiger charge is 2.17. The van der Waals surface area contributed by atoms with Gasteiger partial charge in [-0.3, -0.25) is 0 Å². The Morgan fingerprint density at radius 1 is 0.410 bits per heavy atom. The Morgan fingerprint density at radius 2 is 1.00 bits per heavy atom. The SMILES string of the molecule is c1ccc(-c2ccc(N(c3ccc4c(c3)oc3ccccc34)c3ccc4c(c3)sc3ccccc34)cc2)cc1. The first-order valence-electron chi connectivity index (χ1n) is 13.1. The van der Waals surface area contributed by atoms with Crippen LogP contribution in [0.2, 0.25) is 0 Å². The summed E-state index contributed by atoms with van der Waals surface area (Å²) in [7, 11) is 0. The Kier molecular flexibility index (Phi) is 5.04. The maximum atomic E-state index is 6.28. The van der Waals surface area contributed by atoms with Gasteiger partial charge in [0.05, 0.1) is 0 Å². The third-order valence-electron chi connectivity index (χ3n) is 7.47. The van der Waals surface area contributed by atoms with Crippen molar-refractivity contribution in [3.63, 3.8) is 0 Å². The molecule has 8 rings (SSSR count). The van der Waals surface area contributed by atoms with E-state index in [2.05, 4.69) is 132 Å². The van der Waals surface area contributed by atoms with E-state index >= 15 is 0 Å². The zero-order valence-corrected chi connectivity index (χ0v) is 21.9. The molecule has 0 bridgehead atoms. The Labute approximate surface area is 230 Å². The van der Waals surface area contributed by atoms with Crippen LogP contribution in [0.15, 0.2) is 144 Å². The number of hydrogen-bond donors (Lipinski definition) is 0. The molecule has 0 saturated heterocycles. The van der Waals surface area contributed by atoms with Gasteiger partial charge in [-0.1, -0.05) is 84.9 Å². The van der Waals surface area contributed by atoms with Crippen molar-refractivity contribution in [1.82, 2.24) is 0 Å². The fraction of sp³-hybridized carbons (Fsp3) is 0. The fourth-order valence-corrected chi connectivity index (χ4v) is 6.73. The third-order valence-corrected chi connectivity index (χ3v) is 8.61. The van der Waals surface area contributed by atoms with E-state index < -0.39 is 0 Å². The molecule has 2 aromatic heterocycles. The van der Waals surface area contributed by atoms with E-state index in [0.717, 1.165) is 39.0 Å². The summed E-state index contributed by atoms with van der Waals surface area (Å²) in [6.45, 7) is 0. The molecule has 0 saturated carbocycles. The summed E-state index contributed by atoms with van der Waals surface area (Å²) in [6.07, 6.45) is 0. The molecule has 0 N–H and O–H groups in total. The molecule has 6 aromatic carbocycles. The predicted molar refractivity (Wildman–Crippen MR) is 167 cm³/mol. The highest BCUT2D eigenvalue weighted by molar-refractivity contribution is 7.25. The summed E-state index contributed by atoms with van der Waals surface area (Å²) in [4.78, 5) is 2.32. The van der Waals surface area contributed by atoms with Crippen molar-refractivity contribution in [3.05, 3.63) is 140 Å². The molecule has 0 atom stereocenters. The molecular formula is C36H23NOS. The Balaban J connectivity index is 1.31. The van der Waals surface area contributed by atoms with Crippen LogP contribution in [0, 0.1) is 0 Å². The highest BCUT2D eigenvalue weighted by Crippen LogP contribution is 2.42. The van der Waals surface area contributed by atoms with Crippen molar-refractivity contribution in [2.75, 3.05) is 4.90 Å². The first-order chi connectivity index (χ1) is 19.3. The van der Waals surface area contributed by atoms with E-state index in [0.29, 0.717) is 0 Å². The zero-order chi connectivity index (χ0) is 25.8. The van der Waals surface area contributed by atoms with E-state index in [-0.39, 0.29) is 0 Å². The van der Waals surface area contributed by atoms with Crippen LogP contribution < -0.4 is 4.90 Å². The lowest BCUT2D eigenvalue weighted by Crippen LogP contribution is -2.09. The second-order valence-electron chi connectivity index (χ2n) is 9.81. The van der Waals surface area contributed by atoms with E-state index in [1.807, 2.05) is 23.5 Å². The lowest BCUT2D eigenvalue weighted by Gasteiger charge is -2.26. The van der Waals surface area contributed by atoms with Crippen molar-refractivity contribution >= 4 is 70.5 Å². The molecule has 39 heavy (non-hydrogen) atoms. The average Bonchev–Trinajstić information content (AvgIpc) is 3.56. The highest BCUT2D eigenvalue weighted by atomic mass is 32.1. The molecule has 0 aliphatic rings. The molecule has 3 heteroatoms. The standard InChI is InChI=1S/C36H23NOS/c1-2-8-24(9-3-1)25-14-16-26(17-15-25)37(27-18-20-30-29-10-4-6-12-33(29)38-34(30)22-27)28-19-21-32-31-11-5-7-13-35(31)39-36(32)23-28/h1-23H. The van der Waals surface area contributed by atoms with Gasteiger partial charge in [0.2, 0.25) is 0 Å². The fourth-order valence-electron chi connectivity index (χ4n) is 5.59. The van der Waals surface area contributed by atoms with Gasteiger partial charge in [-0.2, -0.15) is 0 Å². The summed E-state index contributed by atoms with van der Waals surface area (Å²) in [5.74, 6) is 0. The molecule has 0 amide bonds. The van der Waals surface area contributed by atoms with Crippen molar-refractivity contribution in [2.24, 2.45) is 0 Å². The van der Waals surface area contributed by atoms with Crippen LogP contribution in [0.1, 0.15) is 0 Å². The van der Waals surface area contributed by atoms with E-state index in [1.165, 1.54) is 31.3 Å². The number of rotatable bonds is 4. The molecular weight excluding hydrogens is 494 g/mol. The molecule has 2 nitrogen and oxygen atoms in total. The molecule has 2 heterocycles. The van der Waals surface area contributed by atoms with Crippen LogP contribution in [0.5, 0.6) is 0 Å². The minimum atomic E-state index is 0.891. The number of para-hydroxylation sites is 1. The second kappa shape index (κ2) is 8.87. The van der Waals surface area contributed by atoms with Gasteiger partial charge in [-0.15, -0.1) is 11.3 Å². The summed E-state index contributed by atoms with van der Waals surface area (Å²) in [5.41, 5.74) is 7.51. The molecule has 0 spiro atoms. The Morgan fingerprint density at radius 3 is 1.85 bits per heavy atom. The number of benzene rings is 6. The molecule has 0 aliphatic heterocycles. The largest absolute Gasteiger partial charge is 0.456 e. The topological polar surface area (TPSA) is 16.4 Å². The number of hydrogen-bond acceptors (Lipinski definition) is 3. The number of anilines is 3.